The van der Waals surface area contributed by atoms with Crippen LogP contribution in [0.3, 0.4) is 0 Å². The van der Waals surface area contributed by atoms with Crippen molar-refractivity contribution in [2.24, 2.45) is 10.2 Å². The summed E-state index contributed by atoms with van der Waals surface area (Å²) in [4.78, 5) is 4.67. The minimum Gasteiger partial charge on any atom is -0.506 e. The Hall–Kier alpha value is -3.54. The minimum atomic E-state index is -0.314. The van der Waals surface area contributed by atoms with E-state index in [1.165, 1.54) is 12.1 Å². The Balaban J connectivity index is 1.91. The molecule has 0 saturated carbocycles. The average Bonchev–Trinajstić information content (AvgIpc) is 3.02. The van der Waals surface area contributed by atoms with Crippen LogP contribution in [0.2, 0.25) is 0 Å². The Kier molecular flexibility index (Phi) is 3.93. The second-order valence-electron chi connectivity index (χ2n) is 5.86. The van der Waals surface area contributed by atoms with Gasteiger partial charge in [-0.3, -0.25) is 4.40 Å². The van der Waals surface area contributed by atoms with Crippen molar-refractivity contribution in [2.45, 2.75) is 6.92 Å². The summed E-state index contributed by atoms with van der Waals surface area (Å²) in [7, 11) is 0. The third-order valence-corrected chi connectivity index (χ3v) is 4.07. The molecular weight excluding hydrogens is 331 g/mol. The van der Waals surface area contributed by atoms with E-state index in [1.807, 2.05) is 29.7 Å². The number of pyridine rings is 1. The fraction of sp³-hybridized carbons (Fsp3) is 0.0500. The highest BCUT2D eigenvalue weighted by molar-refractivity contribution is 5.75. The van der Waals surface area contributed by atoms with Crippen LogP contribution in [-0.4, -0.2) is 14.5 Å². The molecule has 0 bridgehead atoms. The van der Waals surface area contributed by atoms with E-state index >= 15 is 0 Å². The van der Waals surface area contributed by atoms with Crippen molar-refractivity contribution >= 4 is 17.2 Å². The lowest BCUT2D eigenvalue weighted by atomic mass is 10.1. The monoisotopic (exact) mass is 346 g/mol. The zero-order chi connectivity index (χ0) is 18.1. The minimum absolute atomic E-state index is 0.0459. The topological polar surface area (TPSA) is 62.2 Å². The molecule has 2 heterocycles. The molecule has 26 heavy (non-hydrogen) atoms. The van der Waals surface area contributed by atoms with Crippen molar-refractivity contribution in [1.82, 2.24) is 9.38 Å². The van der Waals surface area contributed by atoms with Crippen molar-refractivity contribution in [3.8, 4) is 17.0 Å². The van der Waals surface area contributed by atoms with Crippen LogP contribution in [0.4, 0.5) is 15.9 Å². The predicted molar refractivity (Wildman–Crippen MR) is 97.6 cm³/mol. The van der Waals surface area contributed by atoms with Gasteiger partial charge in [0, 0.05) is 11.8 Å². The molecule has 2 aromatic heterocycles. The summed E-state index contributed by atoms with van der Waals surface area (Å²) in [5.74, 6) is 0.245. The number of hydrogen-bond donors (Lipinski definition) is 1. The van der Waals surface area contributed by atoms with Crippen molar-refractivity contribution in [3.63, 3.8) is 0 Å². The van der Waals surface area contributed by atoms with Crippen molar-refractivity contribution in [2.75, 3.05) is 0 Å². The fourth-order valence-electron chi connectivity index (χ4n) is 2.74. The first-order valence-corrected chi connectivity index (χ1v) is 8.07. The molecule has 0 aliphatic rings. The van der Waals surface area contributed by atoms with E-state index in [0.717, 1.165) is 16.8 Å². The number of nitrogens with zero attached hydrogens (tertiary/aromatic N) is 4. The van der Waals surface area contributed by atoms with Gasteiger partial charge in [0.15, 0.2) is 5.82 Å². The number of aryl methyl sites for hydroxylation is 1. The molecule has 4 rings (SSSR count). The summed E-state index contributed by atoms with van der Waals surface area (Å²) in [6.45, 7) is 1.96. The zero-order valence-electron chi connectivity index (χ0n) is 14.0. The molecule has 0 unspecified atom stereocenters. The summed E-state index contributed by atoms with van der Waals surface area (Å²) < 4.78 is 15.1. The highest BCUT2D eigenvalue weighted by Gasteiger charge is 2.15. The first-order valence-electron chi connectivity index (χ1n) is 8.07. The fourth-order valence-corrected chi connectivity index (χ4v) is 2.74. The molecule has 0 aliphatic heterocycles. The lowest BCUT2D eigenvalue weighted by molar-refractivity contribution is 0.476. The number of halogens is 1. The van der Waals surface area contributed by atoms with Crippen LogP contribution >= 0.6 is 0 Å². The highest BCUT2D eigenvalue weighted by Crippen LogP contribution is 2.34. The Morgan fingerprint density at radius 1 is 0.962 bits per heavy atom. The Labute approximate surface area is 149 Å². The number of benzene rings is 2. The second kappa shape index (κ2) is 6.40. The molecule has 0 amide bonds. The number of hydrogen-bond acceptors (Lipinski definition) is 4. The molecule has 128 valence electrons. The van der Waals surface area contributed by atoms with Gasteiger partial charge >= 0.3 is 0 Å². The smallest absolute Gasteiger partial charge is 0.187 e. The maximum atomic E-state index is 13.3. The summed E-state index contributed by atoms with van der Waals surface area (Å²) in [5.41, 5.74) is 3.43. The summed E-state index contributed by atoms with van der Waals surface area (Å²) in [5, 5.41) is 18.4. The van der Waals surface area contributed by atoms with Crippen molar-refractivity contribution in [3.05, 3.63) is 78.2 Å². The first-order chi connectivity index (χ1) is 12.6. The third kappa shape index (κ3) is 2.82. The van der Waals surface area contributed by atoms with Gasteiger partial charge in [-0.15, -0.1) is 10.2 Å². The van der Waals surface area contributed by atoms with Gasteiger partial charge in [-0.2, -0.15) is 0 Å². The van der Waals surface area contributed by atoms with Gasteiger partial charge in [-0.25, -0.2) is 9.37 Å². The van der Waals surface area contributed by atoms with E-state index in [2.05, 4.69) is 15.2 Å². The maximum Gasteiger partial charge on any atom is 0.187 e. The van der Waals surface area contributed by atoms with Crippen LogP contribution in [0.15, 0.2) is 77.1 Å². The van der Waals surface area contributed by atoms with E-state index < -0.39 is 0 Å². The van der Waals surface area contributed by atoms with Crippen LogP contribution in [-0.2, 0) is 0 Å². The zero-order valence-corrected chi connectivity index (χ0v) is 14.0. The molecule has 0 atom stereocenters. The molecule has 0 fully saturated rings. The standard InChI is InChI=1S/C20H15FN4O/c1-13-5-4-12-25-19(13)22-18(14-8-10-15(21)11-9-14)20(25)24-23-16-6-2-3-7-17(16)26/h2-12,26H,1H3. The Bertz CT molecular complexity index is 1120. The molecule has 0 spiro atoms. The van der Waals surface area contributed by atoms with E-state index in [9.17, 15) is 9.50 Å². The number of azo groups is 1. The number of phenolic OH excluding ortho intramolecular Hbond substituents is 1. The van der Waals surface area contributed by atoms with E-state index in [0.29, 0.717) is 17.2 Å². The quantitative estimate of drug-likeness (QED) is 0.493. The number of para-hydroxylation sites is 1. The SMILES string of the molecule is Cc1cccn2c(N=Nc3ccccc3O)c(-c3ccc(F)cc3)nc12. The number of rotatable bonds is 3. The van der Waals surface area contributed by atoms with Gasteiger partial charge in [-0.1, -0.05) is 18.2 Å². The first kappa shape index (κ1) is 16.0. The summed E-state index contributed by atoms with van der Waals surface area (Å²) in [6, 6.07) is 16.7. The van der Waals surface area contributed by atoms with Crippen LogP contribution < -0.4 is 0 Å². The molecule has 6 heteroatoms. The lowest BCUT2D eigenvalue weighted by Crippen LogP contribution is -1.85. The number of fused-ring (bicyclic) bond motifs is 1. The Morgan fingerprint density at radius 3 is 2.50 bits per heavy atom. The van der Waals surface area contributed by atoms with Crippen molar-refractivity contribution in [1.29, 1.82) is 0 Å². The second-order valence-corrected chi connectivity index (χ2v) is 5.86. The van der Waals surface area contributed by atoms with Crippen molar-refractivity contribution < 1.29 is 9.50 Å². The summed E-state index contributed by atoms with van der Waals surface area (Å²) in [6.07, 6.45) is 1.85. The number of aromatic hydroxyl groups is 1. The van der Waals surface area contributed by atoms with Crippen LogP contribution in [0.25, 0.3) is 16.9 Å². The van der Waals surface area contributed by atoms with Gasteiger partial charge in [0.1, 0.15) is 28.6 Å². The van der Waals surface area contributed by atoms with Gasteiger partial charge in [0.05, 0.1) is 0 Å². The predicted octanol–water partition coefficient (Wildman–Crippen LogP) is 5.57. The Morgan fingerprint density at radius 2 is 1.73 bits per heavy atom. The number of imidazole rings is 1. The van der Waals surface area contributed by atoms with E-state index in [1.54, 1.807) is 36.4 Å². The molecule has 0 aliphatic carbocycles. The van der Waals surface area contributed by atoms with Gasteiger partial charge < -0.3 is 5.11 Å². The van der Waals surface area contributed by atoms with Gasteiger partial charge in [0.2, 0.25) is 0 Å². The molecular formula is C20H15FN4O. The normalized spacial score (nSPS) is 11.5. The molecule has 0 saturated heterocycles. The summed E-state index contributed by atoms with van der Waals surface area (Å²) >= 11 is 0. The molecule has 0 radical (unpaired) electrons. The van der Waals surface area contributed by atoms with Gasteiger partial charge in [-0.05, 0) is 55.0 Å². The number of phenols is 1. The molecule has 2 aromatic carbocycles. The lowest BCUT2D eigenvalue weighted by Gasteiger charge is -2.01. The average molecular weight is 346 g/mol. The molecule has 5 nitrogen and oxygen atoms in total. The van der Waals surface area contributed by atoms with E-state index in [-0.39, 0.29) is 11.6 Å². The van der Waals surface area contributed by atoms with Gasteiger partial charge in [0.25, 0.3) is 0 Å². The largest absolute Gasteiger partial charge is 0.506 e. The molecule has 1 N–H and O–H groups in total. The van der Waals surface area contributed by atoms with E-state index in [4.69, 9.17) is 0 Å². The maximum absolute atomic E-state index is 13.3. The molecule has 4 aromatic rings. The number of aromatic nitrogens is 2. The van der Waals surface area contributed by atoms with Crippen LogP contribution in [0.1, 0.15) is 5.56 Å². The third-order valence-electron chi connectivity index (χ3n) is 4.07. The van der Waals surface area contributed by atoms with Crippen LogP contribution in [0.5, 0.6) is 5.75 Å². The highest BCUT2D eigenvalue weighted by atomic mass is 19.1. The van der Waals surface area contributed by atoms with Crippen LogP contribution in [0, 0.1) is 12.7 Å².